The molecule has 7 nitrogen and oxygen atoms in total. The van der Waals surface area contributed by atoms with Crippen LogP contribution in [0.5, 0.6) is 0 Å². The van der Waals surface area contributed by atoms with Crippen molar-refractivity contribution >= 4 is 11.9 Å². The lowest BCUT2D eigenvalue weighted by Crippen LogP contribution is -2.41. The number of aliphatic hydroxyl groups is 3. The van der Waals surface area contributed by atoms with Crippen LogP contribution in [0.25, 0.3) is 0 Å². The zero-order valence-electron chi connectivity index (χ0n) is 8.70. The van der Waals surface area contributed by atoms with Crippen molar-refractivity contribution in [3.63, 3.8) is 0 Å². The molecular weight excluding hydrogens is 220 g/mol. The van der Waals surface area contributed by atoms with Crippen LogP contribution in [-0.2, 0) is 19.1 Å². The fourth-order valence-corrected chi connectivity index (χ4v) is 1.27. The van der Waals surface area contributed by atoms with E-state index in [4.69, 9.17) is 5.11 Å². The van der Waals surface area contributed by atoms with Gasteiger partial charge in [-0.2, -0.15) is 0 Å². The Bertz CT molecular complexity index is 277. The molecule has 1 fully saturated rings. The van der Waals surface area contributed by atoms with E-state index in [1.807, 2.05) is 0 Å². The van der Waals surface area contributed by atoms with Crippen LogP contribution in [0.1, 0.15) is 13.3 Å². The van der Waals surface area contributed by atoms with Crippen LogP contribution in [0, 0.1) is 0 Å². The first-order chi connectivity index (χ1) is 7.47. The summed E-state index contributed by atoms with van der Waals surface area (Å²) in [5.41, 5.74) is 0. The second-order valence-corrected chi connectivity index (χ2v) is 3.44. The highest BCUT2D eigenvalue weighted by Crippen LogP contribution is 2.19. The van der Waals surface area contributed by atoms with Crippen molar-refractivity contribution in [2.24, 2.45) is 0 Å². The number of hydrogen-bond donors (Lipinski definition) is 3. The van der Waals surface area contributed by atoms with Crippen molar-refractivity contribution in [2.75, 3.05) is 6.61 Å². The summed E-state index contributed by atoms with van der Waals surface area (Å²) in [6.07, 6.45) is -5.65. The molecule has 0 amide bonds. The summed E-state index contributed by atoms with van der Waals surface area (Å²) in [6.45, 7) is 1.19. The minimum atomic E-state index is -1.67. The molecule has 0 aliphatic carbocycles. The lowest BCUT2D eigenvalue weighted by atomic mass is 10.1. The molecule has 1 rings (SSSR count). The average Bonchev–Trinajstić information content (AvgIpc) is 2.53. The van der Waals surface area contributed by atoms with Gasteiger partial charge in [0.15, 0.2) is 12.2 Å². The van der Waals surface area contributed by atoms with E-state index < -0.39 is 43.0 Å². The highest BCUT2D eigenvalue weighted by Gasteiger charge is 2.46. The molecule has 0 aromatic carbocycles. The molecule has 1 aliphatic rings. The van der Waals surface area contributed by atoms with E-state index in [0.717, 1.165) is 0 Å². The molecule has 16 heavy (non-hydrogen) atoms. The molecule has 4 unspecified atom stereocenters. The molecule has 1 heterocycles. The van der Waals surface area contributed by atoms with Gasteiger partial charge >= 0.3 is 11.9 Å². The number of ether oxygens (including phenoxy) is 2. The maximum absolute atomic E-state index is 10.8. The number of carbonyl (C=O) groups is 2. The van der Waals surface area contributed by atoms with E-state index >= 15 is 0 Å². The van der Waals surface area contributed by atoms with Gasteiger partial charge in [-0.1, -0.05) is 6.92 Å². The predicted molar refractivity (Wildman–Crippen MR) is 49.2 cm³/mol. The minimum absolute atomic E-state index is 0.155. The monoisotopic (exact) mass is 234 g/mol. The summed E-state index contributed by atoms with van der Waals surface area (Å²) in [4.78, 5) is 21.6. The van der Waals surface area contributed by atoms with Gasteiger partial charge < -0.3 is 24.8 Å². The quantitative estimate of drug-likeness (QED) is 0.479. The van der Waals surface area contributed by atoms with Gasteiger partial charge in [0, 0.05) is 6.42 Å². The van der Waals surface area contributed by atoms with Crippen LogP contribution < -0.4 is 0 Å². The third kappa shape index (κ3) is 2.69. The second-order valence-electron chi connectivity index (χ2n) is 3.44. The van der Waals surface area contributed by atoms with Gasteiger partial charge in [0.1, 0.15) is 18.8 Å². The number of cyclic esters (lactones) is 1. The maximum atomic E-state index is 10.8. The molecule has 4 atom stereocenters. The third-order valence-electron chi connectivity index (χ3n) is 2.24. The first-order valence-corrected chi connectivity index (χ1v) is 4.87. The molecule has 1 saturated heterocycles. The first kappa shape index (κ1) is 12.9. The Morgan fingerprint density at radius 1 is 1.56 bits per heavy atom. The Kier molecular flexibility index (Phi) is 4.22. The van der Waals surface area contributed by atoms with E-state index in [1.54, 1.807) is 6.92 Å². The van der Waals surface area contributed by atoms with Gasteiger partial charge in [-0.05, 0) is 0 Å². The van der Waals surface area contributed by atoms with Crippen LogP contribution in [0.15, 0.2) is 0 Å². The van der Waals surface area contributed by atoms with Crippen molar-refractivity contribution in [3.8, 4) is 0 Å². The molecular formula is C9H14O7. The largest absolute Gasteiger partial charge is 0.463 e. The second kappa shape index (κ2) is 5.24. The summed E-state index contributed by atoms with van der Waals surface area (Å²) in [6, 6.07) is 0. The molecule has 3 N–H and O–H groups in total. The zero-order chi connectivity index (χ0) is 12.3. The van der Waals surface area contributed by atoms with Crippen LogP contribution in [0.3, 0.4) is 0 Å². The van der Waals surface area contributed by atoms with Gasteiger partial charge in [0.2, 0.25) is 0 Å². The lowest BCUT2D eigenvalue weighted by Gasteiger charge is -2.19. The number of carbonyl (C=O) groups excluding carboxylic acids is 2. The van der Waals surface area contributed by atoms with Crippen molar-refractivity contribution < 1.29 is 34.4 Å². The van der Waals surface area contributed by atoms with Gasteiger partial charge in [-0.25, -0.2) is 4.79 Å². The fourth-order valence-electron chi connectivity index (χ4n) is 1.27. The standard InChI is InChI=1S/C9H14O7/c1-2-5(11)15-3-4(10)8-6(12)7(13)9(14)16-8/h4,6-8,10,12-13H,2-3H2,1H3. The Morgan fingerprint density at radius 2 is 2.19 bits per heavy atom. The molecule has 0 aromatic heterocycles. The zero-order valence-corrected chi connectivity index (χ0v) is 8.70. The molecule has 0 spiro atoms. The fraction of sp³-hybridized carbons (Fsp3) is 0.778. The summed E-state index contributed by atoms with van der Waals surface area (Å²) < 4.78 is 9.14. The summed E-state index contributed by atoms with van der Waals surface area (Å²) in [5.74, 6) is -1.52. The number of esters is 2. The topological polar surface area (TPSA) is 113 Å². The molecule has 92 valence electrons. The molecule has 0 radical (unpaired) electrons. The van der Waals surface area contributed by atoms with Gasteiger partial charge in [0.25, 0.3) is 0 Å². The molecule has 7 heteroatoms. The molecule has 1 aliphatic heterocycles. The van der Waals surface area contributed by atoms with Gasteiger partial charge in [-0.3, -0.25) is 4.79 Å². The SMILES string of the molecule is CCC(=O)OCC(O)C1OC(=O)C(O)C1O. The Hall–Kier alpha value is -1.18. The Balaban J connectivity index is 2.46. The van der Waals surface area contributed by atoms with E-state index in [0.29, 0.717) is 0 Å². The van der Waals surface area contributed by atoms with Gasteiger partial charge in [0.05, 0.1) is 0 Å². The van der Waals surface area contributed by atoms with Crippen LogP contribution >= 0.6 is 0 Å². The molecule has 0 bridgehead atoms. The first-order valence-electron chi connectivity index (χ1n) is 4.87. The molecule has 0 aromatic rings. The van der Waals surface area contributed by atoms with Crippen molar-refractivity contribution in [3.05, 3.63) is 0 Å². The minimum Gasteiger partial charge on any atom is -0.463 e. The van der Waals surface area contributed by atoms with E-state index in [-0.39, 0.29) is 6.42 Å². The van der Waals surface area contributed by atoms with Crippen molar-refractivity contribution in [2.45, 2.75) is 37.8 Å². The van der Waals surface area contributed by atoms with Crippen molar-refractivity contribution in [1.82, 2.24) is 0 Å². The van der Waals surface area contributed by atoms with Crippen LogP contribution in [0.2, 0.25) is 0 Å². The van der Waals surface area contributed by atoms with E-state index in [1.165, 1.54) is 0 Å². The van der Waals surface area contributed by atoms with Crippen LogP contribution in [-0.4, -0.2) is 58.3 Å². The van der Waals surface area contributed by atoms with Crippen LogP contribution in [0.4, 0.5) is 0 Å². The maximum Gasteiger partial charge on any atom is 0.338 e. The molecule has 0 saturated carbocycles. The predicted octanol–water partition coefficient (Wildman–Crippen LogP) is -2.05. The number of rotatable bonds is 4. The Labute approximate surface area is 91.6 Å². The third-order valence-corrected chi connectivity index (χ3v) is 2.24. The number of hydrogen-bond acceptors (Lipinski definition) is 7. The normalized spacial score (nSPS) is 31.0. The lowest BCUT2D eigenvalue weighted by molar-refractivity contribution is -0.156. The number of aliphatic hydroxyl groups excluding tert-OH is 3. The smallest absolute Gasteiger partial charge is 0.338 e. The average molecular weight is 234 g/mol. The van der Waals surface area contributed by atoms with E-state index in [9.17, 15) is 19.8 Å². The summed E-state index contributed by atoms with van der Waals surface area (Å²) in [7, 11) is 0. The highest BCUT2D eigenvalue weighted by molar-refractivity contribution is 5.77. The summed E-state index contributed by atoms with van der Waals surface area (Å²) >= 11 is 0. The van der Waals surface area contributed by atoms with Gasteiger partial charge in [-0.15, -0.1) is 0 Å². The van der Waals surface area contributed by atoms with E-state index in [2.05, 4.69) is 9.47 Å². The Morgan fingerprint density at radius 3 is 2.62 bits per heavy atom. The summed E-state index contributed by atoms with van der Waals surface area (Å²) in [5, 5.41) is 27.9. The van der Waals surface area contributed by atoms with Crippen molar-refractivity contribution in [1.29, 1.82) is 0 Å². The highest BCUT2D eigenvalue weighted by atomic mass is 16.6.